The molecule has 0 aliphatic heterocycles. The van der Waals surface area contributed by atoms with E-state index < -0.39 is 5.97 Å². The minimum absolute atomic E-state index is 0.0241. The number of hydrogen-bond donors (Lipinski definition) is 1. The smallest absolute Gasteiger partial charge is 0.313 e. The molecule has 0 fully saturated rings. The van der Waals surface area contributed by atoms with E-state index in [1.54, 1.807) is 6.33 Å². The van der Waals surface area contributed by atoms with Crippen molar-refractivity contribution in [1.82, 2.24) is 24.5 Å². The SMILES string of the molecule is Cc1nn(C)c(C)c1Cn1cnnc1SCC(=O)O. The van der Waals surface area contributed by atoms with Crippen molar-refractivity contribution in [3.63, 3.8) is 0 Å². The number of carbonyl (C=O) groups is 1. The van der Waals surface area contributed by atoms with Gasteiger partial charge in [0.2, 0.25) is 0 Å². The number of hydrogen-bond acceptors (Lipinski definition) is 5. The Labute approximate surface area is 114 Å². The Balaban J connectivity index is 2.19. The van der Waals surface area contributed by atoms with Gasteiger partial charge in [-0.25, -0.2) is 0 Å². The van der Waals surface area contributed by atoms with Crippen molar-refractivity contribution in [2.24, 2.45) is 7.05 Å². The van der Waals surface area contributed by atoms with Crippen LogP contribution in [0.15, 0.2) is 11.5 Å². The first-order valence-electron chi connectivity index (χ1n) is 5.70. The van der Waals surface area contributed by atoms with Crippen LogP contribution in [0.5, 0.6) is 0 Å². The molecule has 0 saturated carbocycles. The van der Waals surface area contributed by atoms with Crippen molar-refractivity contribution in [1.29, 1.82) is 0 Å². The van der Waals surface area contributed by atoms with Crippen LogP contribution in [0, 0.1) is 13.8 Å². The van der Waals surface area contributed by atoms with Crippen molar-refractivity contribution >= 4 is 17.7 Å². The maximum absolute atomic E-state index is 10.6. The Bertz CT molecular complexity index is 604. The van der Waals surface area contributed by atoms with Crippen LogP contribution in [0.3, 0.4) is 0 Å². The average molecular weight is 281 g/mol. The molecule has 0 saturated heterocycles. The molecular formula is C11H15N5O2S. The van der Waals surface area contributed by atoms with E-state index in [-0.39, 0.29) is 5.75 Å². The molecule has 0 radical (unpaired) electrons. The first kappa shape index (κ1) is 13.6. The summed E-state index contributed by atoms with van der Waals surface area (Å²) in [7, 11) is 1.90. The number of rotatable bonds is 5. The predicted molar refractivity (Wildman–Crippen MR) is 70.2 cm³/mol. The molecule has 2 rings (SSSR count). The monoisotopic (exact) mass is 281 g/mol. The van der Waals surface area contributed by atoms with Gasteiger partial charge in [-0.05, 0) is 13.8 Å². The summed E-state index contributed by atoms with van der Waals surface area (Å²) >= 11 is 1.16. The van der Waals surface area contributed by atoms with Gasteiger partial charge in [0.1, 0.15) is 6.33 Å². The van der Waals surface area contributed by atoms with Gasteiger partial charge in [-0.3, -0.25) is 9.48 Å². The van der Waals surface area contributed by atoms with Crippen molar-refractivity contribution < 1.29 is 9.90 Å². The lowest BCUT2D eigenvalue weighted by atomic mass is 10.2. The van der Waals surface area contributed by atoms with Gasteiger partial charge in [0.15, 0.2) is 5.16 Å². The summed E-state index contributed by atoms with van der Waals surface area (Å²) in [5.41, 5.74) is 3.16. The summed E-state index contributed by atoms with van der Waals surface area (Å²) in [6.45, 7) is 4.56. The summed E-state index contributed by atoms with van der Waals surface area (Å²) in [5.74, 6) is -0.891. The van der Waals surface area contributed by atoms with Gasteiger partial charge in [-0.2, -0.15) is 5.10 Å². The Morgan fingerprint density at radius 3 is 2.79 bits per heavy atom. The van der Waals surface area contributed by atoms with Crippen molar-refractivity contribution in [3.05, 3.63) is 23.3 Å². The molecular weight excluding hydrogens is 266 g/mol. The largest absolute Gasteiger partial charge is 0.481 e. The number of aliphatic carboxylic acids is 1. The van der Waals surface area contributed by atoms with Gasteiger partial charge in [-0.1, -0.05) is 11.8 Å². The van der Waals surface area contributed by atoms with E-state index in [4.69, 9.17) is 5.11 Å². The van der Waals surface area contributed by atoms with Crippen LogP contribution in [-0.2, 0) is 18.4 Å². The highest BCUT2D eigenvalue weighted by Gasteiger charge is 2.13. The maximum atomic E-state index is 10.6. The van der Waals surface area contributed by atoms with E-state index >= 15 is 0 Å². The summed E-state index contributed by atoms with van der Waals surface area (Å²) in [6.07, 6.45) is 1.61. The number of aryl methyl sites for hydroxylation is 2. The number of aromatic nitrogens is 5. The molecule has 0 spiro atoms. The highest BCUT2D eigenvalue weighted by atomic mass is 32.2. The number of thioether (sulfide) groups is 1. The molecule has 2 aromatic rings. The lowest BCUT2D eigenvalue weighted by Gasteiger charge is -2.06. The van der Waals surface area contributed by atoms with Crippen LogP contribution >= 0.6 is 11.8 Å². The van der Waals surface area contributed by atoms with Crippen LogP contribution in [-0.4, -0.2) is 41.4 Å². The summed E-state index contributed by atoms with van der Waals surface area (Å²) in [6, 6.07) is 0. The second-order valence-electron chi connectivity index (χ2n) is 4.20. The maximum Gasteiger partial charge on any atom is 0.313 e. The molecule has 0 amide bonds. The highest BCUT2D eigenvalue weighted by Crippen LogP contribution is 2.19. The molecule has 2 heterocycles. The van der Waals surface area contributed by atoms with E-state index in [1.807, 2.05) is 30.1 Å². The van der Waals surface area contributed by atoms with E-state index in [9.17, 15) is 4.79 Å². The topological polar surface area (TPSA) is 85.8 Å². The zero-order chi connectivity index (χ0) is 14.0. The van der Waals surface area contributed by atoms with E-state index in [1.165, 1.54) is 0 Å². The fourth-order valence-electron chi connectivity index (χ4n) is 1.81. The molecule has 7 nitrogen and oxygen atoms in total. The molecule has 0 aliphatic rings. The zero-order valence-corrected chi connectivity index (χ0v) is 11.8. The molecule has 0 atom stereocenters. The second kappa shape index (κ2) is 5.43. The van der Waals surface area contributed by atoms with Gasteiger partial charge in [0.25, 0.3) is 0 Å². The molecule has 2 aromatic heterocycles. The average Bonchev–Trinajstić information content (AvgIpc) is 2.87. The van der Waals surface area contributed by atoms with Crippen molar-refractivity contribution in [2.45, 2.75) is 25.5 Å². The normalized spacial score (nSPS) is 10.9. The van der Waals surface area contributed by atoms with Crippen LogP contribution in [0.4, 0.5) is 0 Å². The number of nitrogens with zero attached hydrogens (tertiary/aromatic N) is 5. The first-order chi connectivity index (χ1) is 8.99. The lowest BCUT2D eigenvalue weighted by molar-refractivity contribution is -0.133. The van der Waals surface area contributed by atoms with Gasteiger partial charge in [-0.15, -0.1) is 10.2 Å². The van der Waals surface area contributed by atoms with Gasteiger partial charge in [0, 0.05) is 18.3 Å². The molecule has 1 N–H and O–H groups in total. The Morgan fingerprint density at radius 2 is 2.21 bits per heavy atom. The second-order valence-corrected chi connectivity index (χ2v) is 5.14. The minimum Gasteiger partial charge on any atom is -0.481 e. The molecule has 0 aliphatic carbocycles. The third-order valence-corrected chi connectivity index (χ3v) is 3.86. The summed E-state index contributed by atoms with van der Waals surface area (Å²) < 4.78 is 3.67. The number of carboxylic acid groups (broad SMARTS) is 1. The first-order valence-corrected chi connectivity index (χ1v) is 6.69. The van der Waals surface area contributed by atoms with E-state index in [0.717, 1.165) is 28.7 Å². The zero-order valence-electron chi connectivity index (χ0n) is 11.0. The molecule has 0 bridgehead atoms. The third kappa shape index (κ3) is 2.95. The molecule has 0 unspecified atom stereocenters. The lowest BCUT2D eigenvalue weighted by Crippen LogP contribution is -2.05. The van der Waals surface area contributed by atoms with Crippen molar-refractivity contribution in [3.8, 4) is 0 Å². The van der Waals surface area contributed by atoms with Crippen LogP contribution in [0.2, 0.25) is 0 Å². The molecule has 19 heavy (non-hydrogen) atoms. The van der Waals surface area contributed by atoms with Crippen LogP contribution < -0.4 is 0 Å². The fraction of sp³-hybridized carbons (Fsp3) is 0.455. The third-order valence-electron chi connectivity index (χ3n) is 2.89. The van der Waals surface area contributed by atoms with Crippen molar-refractivity contribution in [2.75, 3.05) is 5.75 Å². The minimum atomic E-state index is -0.867. The standard InChI is InChI=1S/C11H15N5O2S/c1-7-9(8(2)15(3)14-7)4-16-6-12-13-11(16)19-5-10(17)18/h6H,4-5H2,1-3H3,(H,17,18). The molecule has 0 aromatic carbocycles. The Morgan fingerprint density at radius 1 is 1.47 bits per heavy atom. The fourth-order valence-corrected chi connectivity index (χ4v) is 2.44. The highest BCUT2D eigenvalue weighted by molar-refractivity contribution is 7.99. The summed E-state index contributed by atoms with van der Waals surface area (Å²) in [4.78, 5) is 10.6. The quantitative estimate of drug-likeness (QED) is 0.818. The molecule has 8 heteroatoms. The predicted octanol–water partition coefficient (Wildman–Crippen LogP) is 0.853. The Kier molecular flexibility index (Phi) is 3.89. The van der Waals surface area contributed by atoms with Gasteiger partial charge in [0.05, 0.1) is 18.0 Å². The molecule has 102 valence electrons. The van der Waals surface area contributed by atoms with Crippen LogP contribution in [0.25, 0.3) is 0 Å². The van der Waals surface area contributed by atoms with Gasteiger partial charge >= 0.3 is 5.97 Å². The summed E-state index contributed by atoms with van der Waals surface area (Å²) in [5, 5.41) is 21.4. The van der Waals surface area contributed by atoms with E-state index in [0.29, 0.717) is 11.7 Å². The van der Waals surface area contributed by atoms with Gasteiger partial charge < -0.3 is 9.67 Å². The number of carboxylic acids is 1. The van der Waals surface area contributed by atoms with Crippen LogP contribution in [0.1, 0.15) is 17.0 Å². The van der Waals surface area contributed by atoms with E-state index in [2.05, 4.69) is 15.3 Å². The Hall–Kier alpha value is -1.83.